The van der Waals surface area contributed by atoms with Gasteiger partial charge in [0.05, 0.1) is 23.6 Å². The number of amides is 1. The Morgan fingerprint density at radius 3 is 2.38 bits per heavy atom. The van der Waals surface area contributed by atoms with Gasteiger partial charge < -0.3 is 9.72 Å². The molecule has 2 rings (SSSR count). The lowest BCUT2D eigenvalue weighted by atomic mass is 10.1. The Labute approximate surface area is 145 Å². The summed E-state index contributed by atoms with van der Waals surface area (Å²) in [5, 5.41) is 3.01. The maximum Gasteiger partial charge on any atom is 0.252 e. The first-order valence-electron chi connectivity index (χ1n) is 9.51. The van der Waals surface area contributed by atoms with Crippen molar-refractivity contribution in [1.29, 1.82) is 0 Å². The molecule has 0 aromatic carbocycles. The Morgan fingerprint density at radius 1 is 1.00 bits per heavy atom. The molecule has 0 aliphatic heterocycles. The summed E-state index contributed by atoms with van der Waals surface area (Å²) < 4.78 is 1.87. The summed E-state index contributed by atoms with van der Waals surface area (Å²) in [6.45, 7) is 3.02. The minimum atomic E-state index is 0.00141. The summed E-state index contributed by atoms with van der Waals surface area (Å²) >= 11 is 0. The minimum absolute atomic E-state index is 0.00141. The van der Waals surface area contributed by atoms with Crippen molar-refractivity contribution in [2.75, 3.05) is 6.54 Å². The Morgan fingerprint density at radius 2 is 1.67 bits per heavy atom. The fourth-order valence-corrected chi connectivity index (χ4v) is 2.97. The summed E-state index contributed by atoms with van der Waals surface area (Å²) in [6, 6.07) is 3.77. The van der Waals surface area contributed by atoms with E-state index in [-0.39, 0.29) is 5.91 Å². The third-order valence-electron chi connectivity index (χ3n) is 4.49. The molecule has 4 heteroatoms. The number of nitrogens with one attached hydrogen (secondary N) is 1. The van der Waals surface area contributed by atoms with Crippen LogP contribution in [0.25, 0.3) is 5.52 Å². The summed E-state index contributed by atoms with van der Waals surface area (Å²) in [6.07, 6.45) is 18.4. The Bertz CT molecular complexity index is 606. The molecule has 0 bridgehead atoms. The number of fused-ring (bicyclic) bond motifs is 1. The van der Waals surface area contributed by atoms with Gasteiger partial charge in [-0.05, 0) is 18.6 Å². The van der Waals surface area contributed by atoms with Crippen molar-refractivity contribution in [3.05, 3.63) is 36.4 Å². The number of nitrogens with zero attached hydrogens (tertiary/aromatic N) is 2. The number of pyridine rings is 1. The van der Waals surface area contributed by atoms with Crippen LogP contribution in [0.3, 0.4) is 0 Å². The number of rotatable bonds is 12. The largest absolute Gasteiger partial charge is 0.352 e. The van der Waals surface area contributed by atoms with E-state index in [1.165, 1.54) is 57.8 Å². The average molecular weight is 329 g/mol. The molecule has 0 atom stereocenters. The van der Waals surface area contributed by atoms with Gasteiger partial charge in [0.25, 0.3) is 5.91 Å². The molecule has 2 aromatic heterocycles. The van der Waals surface area contributed by atoms with Crippen molar-refractivity contribution in [3.63, 3.8) is 0 Å². The van der Waals surface area contributed by atoms with Gasteiger partial charge in [-0.3, -0.25) is 4.79 Å². The molecule has 4 nitrogen and oxygen atoms in total. The Kier molecular flexibility index (Phi) is 8.36. The molecule has 0 fully saturated rings. The van der Waals surface area contributed by atoms with E-state index < -0.39 is 0 Å². The fraction of sp³-hybridized carbons (Fsp3) is 0.600. The summed E-state index contributed by atoms with van der Waals surface area (Å²) in [4.78, 5) is 16.2. The SMILES string of the molecule is CCCCCCCCCCCCNC(=O)c1ccc2cncn2c1. The minimum Gasteiger partial charge on any atom is -0.352 e. The molecule has 0 unspecified atom stereocenters. The maximum atomic E-state index is 12.1. The first-order chi connectivity index (χ1) is 11.8. The van der Waals surface area contributed by atoms with Gasteiger partial charge in [0.15, 0.2) is 0 Å². The van der Waals surface area contributed by atoms with Gasteiger partial charge in [0, 0.05) is 12.7 Å². The van der Waals surface area contributed by atoms with Crippen LogP contribution in [0.1, 0.15) is 81.5 Å². The van der Waals surface area contributed by atoms with Crippen molar-refractivity contribution < 1.29 is 4.79 Å². The highest BCUT2D eigenvalue weighted by molar-refractivity contribution is 5.94. The number of aromatic nitrogens is 2. The van der Waals surface area contributed by atoms with Crippen LogP contribution in [-0.2, 0) is 0 Å². The Hall–Kier alpha value is -1.84. The van der Waals surface area contributed by atoms with Gasteiger partial charge in [-0.15, -0.1) is 0 Å². The van der Waals surface area contributed by atoms with Crippen molar-refractivity contribution in [2.45, 2.75) is 71.1 Å². The molecule has 24 heavy (non-hydrogen) atoms. The molecular weight excluding hydrogens is 298 g/mol. The molecule has 0 aliphatic carbocycles. The van der Waals surface area contributed by atoms with E-state index in [9.17, 15) is 4.79 Å². The quantitative estimate of drug-likeness (QED) is 0.558. The number of hydrogen-bond donors (Lipinski definition) is 1. The van der Waals surface area contributed by atoms with Crippen LogP contribution in [0.2, 0.25) is 0 Å². The van der Waals surface area contributed by atoms with Gasteiger partial charge >= 0.3 is 0 Å². The highest BCUT2D eigenvalue weighted by atomic mass is 16.1. The second-order valence-electron chi connectivity index (χ2n) is 6.58. The van der Waals surface area contributed by atoms with Gasteiger partial charge in [0.1, 0.15) is 0 Å². The third-order valence-corrected chi connectivity index (χ3v) is 4.49. The highest BCUT2D eigenvalue weighted by Gasteiger charge is 2.05. The van der Waals surface area contributed by atoms with Crippen LogP contribution in [0.5, 0.6) is 0 Å². The van der Waals surface area contributed by atoms with Crippen molar-refractivity contribution in [1.82, 2.24) is 14.7 Å². The van der Waals surface area contributed by atoms with E-state index in [1.807, 2.05) is 22.7 Å². The zero-order chi connectivity index (χ0) is 17.0. The van der Waals surface area contributed by atoms with Gasteiger partial charge in [-0.1, -0.05) is 64.7 Å². The lowest BCUT2D eigenvalue weighted by Gasteiger charge is -2.06. The normalized spacial score (nSPS) is 11.0. The van der Waals surface area contributed by atoms with Crippen molar-refractivity contribution in [2.24, 2.45) is 0 Å². The molecule has 0 saturated heterocycles. The molecule has 132 valence electrons. The smallest absolute Gasteiger partial charge is 0.252 e. The molecule has 2 aromatic rings. The third kappa shape index (κ3) is 6.34. The second kappa shape index (κ2) is 10.8. The van der Waals surface area contributed by atoms with Gasteiger partial charge in [-0.2, -0.15) is 0 Å². The number of unbranched alkanes of at least 4 members (excludes halogenated alkanes) is 9. The van der Waals surface area contributed by atoms with Crippen molar-refractivity contribution in [3.8, 4) is 0 Å². The van der Waals surface area contributed by atoms with Crippen LogP contribution in [0.15, 0.2) is 30.9 Å². The van der Waals surface area contributed by atoms with Gasteiger partial charge in [0.2, 0.25) is 0 Å². The van der Waals surface area contributed by atoms with Gasteiger partial charge in [-0.25, -0.2) is 4.98 Å². The topological polar surface area (TPSA) is 46.4 Å². The van der Waals surface area contributed by atoms with E-state index >= 15 is 0 Å². The zero-order valence-corrected chi connectivity index (χ0v) is 15.0. The standard InChI is InChI=1S/C20H31N3O/c1-2-3-4-5-6-7-8-9-10-11-14-22-20(24)18-12-13-19-15-21-17-23(19)16-18/h12-13,15-17H,2-11,14H2,1H3,(H,22,24). The predicted molar refractivity (Wildman–Crippen MR) is 99.4 cm³/mol. The second-order valence-corrected chi connectivity index (χ2v) is 6.58. The molecule has 1 N–H and O–H groups in total. The highest BCUT2D eigenvalue weighted by Crippen LogP contribution is 2.10. The summed E-state index contributed by atoms with van der Waals surface area (Å²) in [5.74, 6) is 0.00141. The van der Waals surface area contributed by atoms with Crippen LogP contribution in [0.4, 0.5) is 0 Å². The monoisotopic (exact) mass is 329 g/mol. The predicted octanol–water partition coefficient (Wildman–Crippen LogP) is 4.99. The fourth-order valence-electron chi connectivity index (χ4n) is 2.97. The molecule has 0 aliphatic rings. The van der Waals surface area contributed by atoms with Crippen LogP contribution < -0.4 is 5.32 Å². The average Bonchev–Trinajstić information content (AvgIpc) is 3.07. The summed E-state index contributed by atoms with van der Waals surface area (Å²) in [5.41, 5.74) is 1.69. The maximum absolute atomic E-state index is 12.1. The number of hydrogen-bond acceptors (Lipinski definition) is 2. The van der Waals surface area contributed by atoms with E-state index in [2.05, 4.69) is 17.2 Å². The van der Waals surface area contributed by atoms with E-state index in [1.54, 1.807) is 12.5 Å². The lowest BCUT2D eigenvalue weighted by Crippen LogP contribution is -2.24. The van der Waals surface area contributed by atoms with E-state index in [0.29, 0.717) is 5.56 Å². The Balaban J connectivity index is 1.50. The van der Waals surface area contributed by atoms with E-state index in [4.69, 9.17) is 0 Å². The number of carbonyl (C=O) groups is 1. The number of imidazole rings is 1. The zero-order valence-electron chi connectivity index (χ0n) is 15.0. The first kappa shape index (κ1) is 18.5. The number of carbonyl (C=O) groups excluding carboxylic acids is 1. The summed E-state index contributed by atoms with van der Waals surface area (Å²) in [7, 11) is 0. The van der Waals surface area contributed by atoms with Crippen LogP contribution >= 0.6 is 0 Å². The first-order valence-corrected chi connectivity index (χ1v) is 9.51. The molecule has 0 radical (unpaired) electrons. The molecule has 1 amide bonds. The van der Waals surface area contributed by atoms with E-state index in [0.717, 1.165) is 18.5 Å². The molecule has 0 saturated carbocycles. The lowest BCUT2D eigenvalue weighted by molar-refractivity contribution is 0.0952. The van der Waals surface area contributed by atoms with Crippen LogP contribution in [-0.4, -0.2) is 21.8 Å². The molecular formula is C20H31N3O. The molecule has 2 heterocycles. The van der Waals surface area contributed by atoms with Crippen LogP contribution in [0, 0.1) is 0 Å². The molecule has 0 spiro atoms. The van der Waals surface area contributed by atoms with Crippen molar-refractivity contribution >= 4 is 11.4 Å².